The van der Waals surface area contributed by atoms with Crippen LogP contribution in [0.3, 0.4) is 0 Å². The number of nitrogens with zero attached hydrogens (tertiary/aromatic N) is 1. The molecule has 1 aromatic carbocycles. The predicted octanol–water partition coefficient (Wildman–Crippen LogP) is 1.85. The van der Waals surface area contributed by atoms with Gasteiger partial charge >= 0.3 is 0 Å². The summed E-state index contributed by atoms with van der Waals surface area (Å²) in [6.45, 7) is 0. The highest BCUT2D eigenvalue weighted by atomic mass is 16.5. The van der Waals surface area contributed by atoms with E-state index in [1.54, 1.807) is 12.1 Å². The second-order valence-corrected chi connectivity index (χ2v) is 4.26. The Kier molecular flexibility index (Phi) is 2.48. The summed E-state index contributed by atoms with van der Waals surface area (Å²) in [4.78, 5) is 16.1. The molecule has 0 saturated heterocycles. The lowest BCUT2D eigenvalue weighted by Crippen LogP contribution is -2.23. The predicted molar refractivity (Wildman–Crippen MR) is 67.5 cm³/mol. The number of rotatable bonds is 2. The SMILES string of the molecule is Nc1ccc(OC2Cc3ccccc3C2=O)nc1. The summed E-state index contributed by atoms with van der Waals surface area (Å²) in [7, 11) is 0. The first-order chi connectivity index (χ1) is 8.74. The molecule has 1 aromatic heterocycles. The van der Waals surface area contributed by atoms with Crippen LogP contribution in [0.25, 0.3) is 0 Å². The van der Waals surface area contributed by atoms with E-state index in [1.165, 1.54) is 6.20 Å². The third-order valence-electron chi connectivity index (χ3n) is 3.00. The summed E-state index contributed by atoms with van der Waals surface area (Å²) in [6, 6.07) is 10.9. The van der Waals surface area contributed by atoms with Crippen LogP contribution in [-0.2, 0) is 6.42 Å². The van der Waals surface area contributed by atoms with Gasteiger partial charge < -0.3 is 10.5 Å². The molecule has 1 aliphatic rings. The molecule has 3 rings (SSSR count). The van der Waals surface area contributed by atoms with E-state index in [1.807, 2.05) is 24.3 Å². The molecule has 90 valence electrons. The van der Waals surface area contributed by atoms with E-state index in [0.29, 0.717) is 18.0 Å². The van der Waals surface area contributed by atoms with Crippen molar-refractivity contribution in [3.05, 3.63) is 53.7 Å². The van der Waals surface area contributed by atoms with Gasteiger partial charge in [0.1, 0.15) is 0 Å². The number of carbonyl (C=O) groups excluding carboxylic acids is 1. The van der Waals surface area contributed by atoms with Gasteiger partial charge in [0.05, 0.1) is 11.9 Å². The number of nitrogens with two attached hydrogens (primary N) is 1. The summed E-state index contributed by atoms with van der Waals surface area (Å²) < 4.78 is 5.61. The Labute approximate surface area is 104 Å². The number of aromatic nitrogens is 1. The van der Waals surface area contributed by atoms with Crippen LogP contribution in [-0.4, -0.2) is 16.9 Å². The molecule has 0 aliphatic heterocycles. The van der Waals surface area contributed by atoms with Crippen molar-refractivity contribution in [3.63, 3.8) is 0 Å². The monoisotopic (exact) mass is 240 g/mol. The Morgan fingerprint density at radius 2 is 2.06 bits per heavy atom. The lowest BCUT2D eigenvalue weighted by Gasteiger charge is -2.10. The maximum atomic E-state index is 12.1. The second kappa shape index (κ2) is 4.14. The zero-order chi connectivity index (χ0) is 12.5. The Hall–Kier alpha value is -2.36. The first-order valence-electron chi connectivity index (χ1n) is 5.74. The molecule has 1 unspecified atom stereocenters. The molecule has 0 amide bonds. The van der Waals surface area contributed by atoms with Crippen LogP contribution in [0, 0.1) is 0 Å². The summed E-state index contributed by atoms with van der Waals surface area (Å²) in [5, 5.41) is 0. The Bertz CT molecular complexity index is 593. The van der Waals surface area contributed by atoms with Crippen molar-refractivity contribution in [3.8, 4) is 5.88 Å². The molecule has 0 bridgehead atoms. The molecule has 2 N–H and O–H groups in total. The van der Waals surface area contributed by atoms with E-state index in [-0.39, 0.29) is 5.78 Å². The molecule has 0 spiro atoms. The number of Topliss-reactive ketones (excluding diaryl/α,β-unsaturated/α-hetero) is 1. The minimum Gasteiger partial charge on any atom is -0.466 e. The number of hydrogen-bond donors (Lipinski definition) is 1. The Morgan fingerprint density at radius 1 is 1.22 bits per heavy atom. The zero-order valence-electron chi connectivity index (χ0n) is 9.67. The number of pyridine rings is 1. The number of nitrogen functional groups attached to an aromatic ring is 1. The van der Waals surface area contributed by atoms with Gasteiger partial charge in [-0.3, -0.25) is 4.79 Å². The molecule has 0 fully saturated rings. The van der Waals surface area contributed by atoms with Crippen LogP contribution in [0.15, 0.2) is 42.6 Å². The van der Waals surface area contributed by atoms with Crippen molar-refractivity contribution in [2.45, 2.75) is 12.5 Å². The number of anilines is 1. The third-order valence-corrected chi connectivity index (χ3v) is 3.00. The van der Waals surface area contributed by atoms with Gasteiger partial charge in [-0.05, 0) is 11.6 Å². The molecule has 1 aliphatic carbocycles. The first-order valence-corrected chi connectivity index (χ1v) is 5.74. The molecule has 2 aromatic rings. The number of hydrogen-bond acceptors (Lipinski definition) is 4. The van der Waals surface area contributed by atoms with Crippen molar-refractivity contribution in [1.82, 2.24) is 4.98 Å². The average molecular weight is 240 g/mol. The van der Waals surface area contributed by atoms with Crippen LogP contribution < -0.4 is 10.5 Å². The van der Waals surface area contributed by atoms with Crippen molar-refractivity contribution < 1.29 is 9.53 Å². The van der Waals surface area contributed by atoms with E-state index < -0.39 is 6.10 Å². The smallest absolute Gasteiger partial charge is 0.214 e. The first kappa shape index (κ1) is 10.8. The largest absolute Gasteiger partial charge is 0.466 e. The second-order valence-electron chi connectivity index (χ2n) is 4.26. The Morgan fingerprint density at radius 3 is 2.78 bits per heavy atom. The normalized spacial score (nSPS) is 17.6. The maximum absolute atomic E-state index is 12.1. The standard InChI is InChI=1S/C14H12N2O2/c15-10-5-6-13(16-8-10)18-12-7-9-3-1-2-4-11(9)14(12)17/h1-6,8,12H,7,15H2. The van der Waals surface area contributed by atoms with Gasteiger partial charge in [0, 0.05) is 18.1 Å². The van der Waals surface area contributed by atoms with Crippen molar-refractivity contribution in [2.24, 2.45) is 0 Å². The minimum absolute atomic E-state index is 0.0178. The van der Waals surface area contributed by atoms with Crippen molar-refractivity contribution >= 4 is 11.5 Å². The summed E-state index contributed by atoms with van der Waals surface area (Å²) in [5.41, 5.74) is 7.90. The summed E-state index contributed by atoms with van der Waals surface area (Å²) in [5.74, 6) is 0.444. The van der Waals surface area contributed by atoms with E-state index in [2.05, 4.69) is 4.98 Å². The van der Waals surface area contributed by atoms with Gasteiger partial charge in [-0.2, -0.15) is 0 Å². The average Bonchev–Trinajstić information content (AvgIpc) is 2.70. The highest BCUT2D eigenvalue weighted by molar-refractivity contribution is 6.04. The molecule has 18 heavy (non-hydrogen) atoms. The molecule has 4 nitrogen and oxygen atoms in total. The fraction of sp³-hybridized carbons (Fsp3) is 0.143. The topological polar surface area (TPSA) is 65.2 Å². The zero-order valence-corrected chi connectivity index (χ0v) is 9.67. The molecular weight excluding hydrogens is 228 g/mol. The molecule has 0 saturated carbocycles. The third kappa shape index (κ3) is 1.82. The van der Waals surface area contributed by atoms with Gasteiger partial charge in [-0.25, -0.2) is 4.98 Å². The molecule has 1 atom stereocenters. The van der Waals surface area contributed by atoms with Crippen LogP contribution in [0.4, 0.5) is 5.69 Å². The number of ketones is 1. The number of carbonyl (C=O) groups is 1. The number of ether oxygens (including phenoxy) is 1. The number of benzene rings is 1. The summed E-state index contributed by atoms with van der Waals surface area (Å²) in [6.07, 6.45) is 1.64. The number of fused-ring (bicyclic) bond motifs is 1. The van der Waals surface area contributed by atoms with Gasteiger partial charge in [-0.15, -0.1) is 0 Å². The van der Waals surface area contributed by atoms with Gasteiger partial charge in [0.25, 0.3) is 0 Å². The van der Waals surface area contributed by atoms with Gasteiger partial charge in [-0.1, -0.05) is 24.3 Å². The van der Waals surface area contributed by atoms with E-state index in [9.17, 15) is 4.79 Å². The van der Waals surface area contributed by atoms with Crippen LogP contribution in [0.2, 0.25) is 0 Å². The molecule has 0 radical (unpaired) electrons. The fourth-order valence-corrected chi connectivity index (χ4v) is 2.11. The van der Waals surface area contributed by atoms with E-state index in [0.717, 1.165) is 11.1 Å². The van der Waals surface area contributed by atoms with Crippen LogP contribution in [0.1, 0.15) is 15.9 Å². The highest BCUT2D eigenvalue weighted by Gasteiger charge is 2.31. The Balaban J connectivity index is 1.81. The minimum atomic E-state index is -0.474. The maximum Gasteiger partial charge on any atom is 0.214 e. The van der Waals surface area contributed by atoms with E-state index >= 15 is 0 Å². The quantitative estimate of drug-likeness (QED) is 0.870. The van der Waals surface area contributed by atoms with Gasteiger partial charge in [0.15, 0.2) is 6.10 Å². The van der Waals surface area contributed by atoms with E-state index in [4.69, 9.17) is 10.5 Å². The van der Waals surface area contributed by atoms with Crippen LogP contribution in [0.5, 0.6) is 5.88 Å². The van der Waals surface area contributed by atoms with Crippen molar-refractivity contribution in [1.29, 1.82) is 0 Å². The summed E-state index contributed by atoms with van der Waals surface area (Å²) >= 11 is 0. The van der Waals surface area contributed by atoms with Crippen LogP contribution >= 0.6 is 0 Å². The molecule has 1 heterocycles. The molecular formula is C14H12N2O2. The lowest BCUT2D eigenvalue weighted by atomic mass is 10.1. The highest BCUT2D eigenvalue weighted by Crippen LogP contribution is 2.25. The fourth-order valence-electron chi connectivity index (χ4n) is 2.11. The molecule has 4 heteroatoms. The van der Waals surface area contributed by atoms with Crippen molar-refractivity contribution in [2.75, 3.05) is 5.73 Å². The van der Waals surface area contributed by atoms with Gasteiger partial charge in [0.2, 0.25) is 11.7 Å². The lowest BCUT2D eigenvalue weighted by molar-refractivity contribution is 0.0814.